The third kappa shape index (κ3) is 2.35. The molecule has 22 heavy (non-hydrogen) atoms. The number of fused-ring (bicyclic) bond motifs is 1. The topological polar surface area (TPSA) is 110 Å². The zero-order valence-corrected chi connectivity index (χ0v) is 12.5. The molecule has 0 saturated heterocycles. The van der Waals surface area contributed by atoms with Crippen LogP contribution in [0.5, 0.6) is 0 Å². The fourth-order valence-corrected chi connectivity index (χ4v) is 2.11. The van der Waals surface area contributed by atoms with Gasteiger partial charge in [0.1, 0.15) is 17.1 Å². The van der Waals surface area contributed by atoms with E-state index < -0.39 is 0 Å². The average molecular weight is 322 g/mol. The van der Waals surface area contributed by atoms with E-state index in [1.807, 2.05) is 0 Å². The molecule has 10 heteroatoms. The molecule has 3 aromatic rings. The first-order valence-corrected chi connectivity index (χ1v) is 6.88. The lowest BCUT2D eigenvalue weighted by molar-refractivity contribution is -0.114. The number of rotatable bonds is 3. The number of hydrogen-bond donors (Lipinski definition) is 2. The average Bonchev–Trinajstić information content (AvgIpc) is 3.03. The number of alkyl halides is 1. The normalized spacial score (nSPS) is 11.0. The molecule has 0 unspecified atom stereocenters. The molecule has 0 aliphatic rings. The molecule has 0 radical (unpaired) electrons. The molecule has 0 aromatic carbocycles. The van der Waals surface area contributed by atoms with Crippen molar-refractivity contribution in [2.45, 2.75) is 6.92 Å². The molecule has 0 atom stereocenters. The third-order valence-corrected chi connectivity index (χ3v) is 3.25. The second-order valence-corrected chi connectivity index (χ2v) is 4.93. The van der Waals surface area contributed by atoms with Gasteiger partial charge in [0.2, 0.25) is 11.9 Å². The molecule has 0 spiro atoms. The lowest BCUT2D eigenvalue weighted by Gasteiger charge is -2.07. The van der Waals surface area contributed by atoms with E-state index in [0.717, 1.165) is 0 Å². The number of amides is 1. The van der Waals surface area contributed by atoms with Gasteiger partial charge in [-0.2, -0.15) is 19.9 Å². The van der Waals surface area contributed by atoms with E-state index in [9.17, 15) is 9.59 Å². The van der Waals surface area contributed by atoms with Crippen molar-refractivity contribution in [1.29, 1.82) is 0 Å². The molecule has 3 heterocycles. The summed E-state index contributed by atoms with van der Waals surface area (Å²) in [5, 5.41) is 11.2. The van der Waals surface area contributed by atoms with Crippen LogP contribution in [0.1, 0.15) is 5.69 Å². The van der Waals surface area contributed by atoms with Gasteiger partial charge < -0.3 is 5.32 Å². The van der Waals surface area contributed by atoms with E-state index in [2.05, 4.69) is 25.5 Å². The minimum atomic E-state index is -0.383. The molecular weight excluding hydrogens is 310 g/mol. The van der Waals surface area contributed by atoms with Gasteiger partial charge in [0.05, 0.1) is 11.9 Å². The molecule has 114 valence electrons. The minimum Gasteiger partial charge on any atom is -0.309 e. The molecule has 9 nitrogen and oxygen atoms in total. The second-order valence-electron chi connectivity index (χ2n) is 4.66. The summed E-state index contributed by atoms with van der Waals surface area (Å²) in [4.78, 5) is 30.5. The number of aromatic amines is 1. The number of halogens is 1. The molecule has 0 fully saturated rings. The Labute approximate surface area is 128 Å². The number of H-pyrrole nitrogens is 1. The van der Waals surface area contributed by atoms with Gasteiger partial charge in [-0.05, 0) is 6.92 Å². The predicted molar refractivity (Wildman–Crippen MR) is 80.3 cm³/mol. The highest BCUT2D eigenvalue weighted by Gasteiger charge is 2.15. The first-order valence-electron chi connectivity index (χ1n) is 6.34. The molecule has 1 amide bonds. The lowest BCUT2D eigenvalue weighted by atomic mass is 10.4. The number of anilines is 1. The number of carbonyl (C=O) groups excluding carboxylic acids is 1. The summed E-state index contributed by atoms with van der Waals surface area (Å²) in [7, 11) is 1.68. The highest BCUT2D eigenvalue weighted by Crippen LogP contribution is 2.15. The molecule has 0 aliphatic carbocycles. The van der Waals surface area contributed by atoms with Crippen LogP contribution in [0.4, 0.5) is 5.82 Å². The molecule has 3 aromatic heterocycles. The quantitative estimate of drug-likeness (QED) is 0.675. The van der Waals surface area contributed by atoms with E-state index in [1.54, 1.807) is 20.0 Å². The van der Waals surface area contributed by atoms with Crippen LogP contribution in [0, 0.1) is 6.92 Å². The first kappa shape index (κ1) is 14.3. The van der Waals surface area contributed by atoms with Crippen molar-refractivity contribution in [2.24, 2.45) is 7.05 Å². The molecule has 0 aliphatic heterocycles. The van der Waals surface area contributed by atoms with E-state index in [0.29, 0.717) is 22.5 Å². The van der Waals surface area contributed by atoms with Crippen LogP contribution in [-0.2, 0) is 11.8 Å². The summed E-state index contributed by atoms with van der Waals surface area (Å²) >= 11 is 5.49. The Hall–Kier alpha value is -2.68. The van der Waals surface area contributed by atoms with Gasteiger partial charge in [-0.3, -0.25) is 19.3 Å². The molecular formula is C12H12ClN7O2. The Morgan fingerprint density at radius 1 is 1.50 bits per heavy atom. The van der Waals surface area contributed by atoms with Gasteiger partial charge in [-0.15, -0.1) is 11.6 Å². The van der Waals surface area contributed by atoms with Crippen LogP contribution >= 0.6 is 11.6 Å². The number of aromatic nitrogens is 6. The summed E-state index contributed by atoms with van der Waals surface area (Å²) in [5.41, 5.74) is 0.732. The molecule has 0 saturated carbocycles. The van der Waals surface area contributed by atoms with Crippen LogP contribution in [0.15, 0.2) is 17.1 Å². The maximum atomic E-state index is 12.1. The standard InChI is InChI=1S/C12H12ClN7O2/c1-6-3-8(15-9(21)4-13)20(18-6)12-16-10-7(11(22)17-12)5-14-19(10)2/h3,5H,4H2,1-2H3,(H,15,21)(H,16,17,22). The van der Waals surface area contributed by atoms with Gasteiger partial charge in [0, 0.05) is 13.1 Å². The lowest BCUT2D eigenvalue weighted by Crippen LogP contribution is -2.19. The number of hydrogen-bond acceptors (Lipinski definition) is 5. The first-order chi connectivity index (χ1) is 10.5. The van der Waals surface area contributed by atoms with Gasteiger partial charge >= 0.3 is 0 Å². The van der Waals surface area contributed by atoms with E-state index in [1.165, 1.54) is 15.6 Å². The van der Waals surface area contributed by atoms with Crippen LogP contribution in [-0.4, -0.2) is 41.3 Å². The highest BCUT2D eigenvalue weighted by molar-refractivity contribution is 6.29. The summed E-state index contributed by atoms with van der Waals surface area (Å²) < 4.78 is 2.83. The van der Waals surface area contributed by atoms with Gasteiger partial charge in [0.25, 0.3) is 5.56 Å². The third-order valence-electron chi connectivity index (χ3n) is 3.01. The summed E-state index contributed by atoms with van der Waals surface area (Å²) in [6.45, 7) is 1.76. The zero-order chi connectivity index (χ0) is 15.9. The van der Waals surface area contributed by atoms with Gasteiger partial charge in [-0.25, -0.2) is 0 Å². The second kappa shape index (κ2) is 5.26. The van der Waals surface area contributed by atoms with Crippen molar-refractivity contribution in [3.05, 3.63) is 28.3 Å². The van der Waals surface area contributed by atoms with Crippen LogP contribution in [0.25, 0.3) is 17.0 Å². The fraction of sp³-hybridized carbons (Fsp3) is 0.250. The van der Waals surface area contributed by atoms with Crippen LogP contribution in [0.3, 0.4) is 0 Å². The highest BCUT2D eigenvalue weighted by atomic mass is 35.5. The SMILES string of the molecule is Cc1cc(NC(=O)CCl)n(-c2nc3c(cnn3C)c(=O)[nH]2)n1. The number of carbonyl (C=O) groups is 1. The molecule has 3 rings (SSSR count). The number of nitrogens with zero attached hydrogens (tertiary/aromatic N) is 5. The Morgan fingerprint density at radius 2 is 2.27 bits per heavy atom. The Balaban J connectivity index is 2.17. The minimum absolute atomic E-state index is 0.180. The predicted octanol–water partition coefficient (Wildman–Crippen LogP) is 0.328. The van der Waals surface area contributed by atoms with Crippen molar-refractivity contribution in [2.75, 3.05) is 11.2 Å². The van der Waals surface area contributed by atoms with Crippen molar-refractivity contribution in [1.82, 2.24) is 29.5 Å². The van der Waals surface area contributed by atoms with Crippen molar-refractivity contribution in [3.63, 3.8) is 0 Å². The van der Waals surface area contributed by atoms with Gasteiger partial charge in [0.15, 0.2) is 5.65 Å². The molecule has 2 N–H and O–H groups in total. The fourth-order valence-electron chi connectivity index (χ4n) is 2.05. The molecule has 0 bridgehead atoms. The van der Waals surface area contributed by atoms with E-state index in [-0.39, 0.29) is 23.3 Å². The van der Waals surface area contributed by atoms with E-state index in [4.69, 9.17) is 11.6 Å². The van der Waals surface area contributed by atoms with Gasteiger partial charge in [-0.1, -0.05) is 0 Å². The maximum Gasteiger partial charge on any atom is 0.263 e. The van der Waals surface area contributed by atoms with Crippen molar-refractivity contribution < 1.29 is 4.79 Å². The number of nitrogens with one attached hydrogen (secondary N) is 2. The Morgan fingerprint density at radius 3 is 3.00 bits per heavy atom. The van der Waals surface area contributed by atoms with Crippen LogP contribution < -0.4 is 10.9 Å². The smallest absolute Gasteiger partial charge is 0.263 e. The zero-order valence-electron chi connectivity index (χ0n) is 11.8. The van der Waals surface area contributed by atoms with Crippen LogP contribution in [0.2, 0.25) is 0 Å². The Bertz CT molecular complexity index is 923. The van der Waals surface area contributed by atoms with Crippen molar-refractivity contribution in [3.8, 4) is 5.95 Å². The monoisotopic (exact) mass is 321 g/mol. The largest absolute Gasteiger partial charge is 0.309 e. The summed E-state index contributed by atoms with van der Waals surface area (Å²) in [5.74, 6) is -0.0201. The maximum absolute atomic E-state index is 12.1. The van der Waals surface area contributed by atoms with Crippen molar-refractivity contribution >= 4 is 34.4 Å². The summed E-state index contributed by atoms with van der Waals surface area (Å²) in [6.07, 6.45) is 1.44. The summed E-state index contributed by atoms with van der Waals surface area (Å²) in [6, 6.07) is 1.65. The Kier molecular flexibility index (Phi) is 3.41. The number of aryl methyl sites for hydroxylation is 2. The van der Waals surface area contributed by atoms with E-state index >= 15 is 0 Å².